The SMILES string of the molecule is O=C(CCNC(=O)C1(c2cccc(Cl)c2)CCC1)Nc1ccc(Br)cc1. The quantitative estimate of drug-likeness (QED) is 0.693. The molecule has 2 aromatic carbocycles. The fraction of sp³-hybridized carbons (Fsp3) is 0.300. The molecule has 0 unspecified atom stereocenters. The van der Waals surface area contributed by atoms with Crippen molar-refractivity contribution in [2.45, 2.75) is 31.1 Å². The average Bonchev–Trinajstić information content (AvgIpc) is 2.56. The van der Waals surface area contributed by atoms with E-state index in [2.05, 4.69) is 26.6 Å². The fourth-order valence-corrected chi connectivity index (χ4v) is 3.63. The van der Waals surface area contributed by atoms with Gasteiger partial charge in [-0.3, -0.25) is 9.59 Å². The normalized spacial score (nSPS) is 15.0. The highest BCUT2D eigenvalue weighted by Gasteiger charge is 2.45. The molecule has 0 heterocycles. The topological polar surface area (TPSA) is 58.2 Å². The number of carbonyl (C=O) groups is 2. The molecule has 26 heavy (non-hydrogen) atoms. The molecule has 0 aliphatic heterocycles. The molecule has 2 N–H and O–H groups in total. The summed E-state index contributed by atoms with van der Waals surface area (Å²) in [6.07, 6.45) is 2.87. The third-order valence-corrected chi connectivity index (χ3v) is 5.55. The maximum Gasteiger partial charge on any atom is 0.230 e. The van der Waals surface area contributed by atoms with Crippen molar-refractivity contribution in [1.82, 2.24) is 5.32 Å². The van der Waals surface area contributed by atoms with E-state index in [1.54, 1.807) is 0 Å². The number of carbonyl (C=O) groups excluding carboxylic acids is 2. The summed E-state index contributed by atoms with van der Waals surface area (Å²) in [6, 6.07) is 14.9. The Balaban J connectivity index is 1.53. The first-order valence-electron chi connectivity index (χ1n) is 8.59. The molecule has 1 fully saturated rings. The zero-order valence-electron chi connectivity index (χ0n) is 14.2. The molecule has 3 rings (SSSR count). The van der Waals surface area contributed by atoms with E-state index in [1.165, 1.54) is 0 Å². The van der Waals surface area contributed by atoms with Gasteiger partial charge in [-0.05, 0) is 54.8 Å². The lowest BCUT2D eigenvalue weighted by Crippen LogP contribution is -2.49. The molecule has 4 nitrogen and oxygen atoms in total. The van der Waals surface area contributed by atoms with Crippen molar-refractivity contribution in [2.75, 3.05) is 11.9 Å². The molecule has 1 aliphatic carbocycles. The highest BCUT2D eigenvalue weighted by molar-refractivity contribution is 9.10. The van der Waals surface area contributed by atoms with Gasteiger partial charge in [-0.25, -0.2) is 0 Å². The predicted molar refractivity (Wildman–Crippen MR) is 107 cm³/mol. The van der Waals surface area contributed by atoms with Gasteiger partial charge in [0.05, 0.1) is 5.41 Å². The van der Waals surface area contributed by atoms with E-state index in [4.69, 9.17) is 11.6 Å². The molecule has 2 amide bonds. The molecule has 0 atom stereocenters. The molecule has 2 aromatic rings. The maximum atomic E-state index is 12.7. The van der Waals surface area contributed by atoms with Gasteiger partial charge in [-0.2, -0.15) is 0 Å². The largest absolute Gasteiger partial charge is 0.355 e. The van der Waals surface area contributed by atoms with Gasteiger partial charge >= 0.3 is 0 Å². The Hall–Kier alpha value is -1.85. The summed E-state index contributed by atoms with van der Waals surface area (Å²) in [6.45, 7) is 0.309. The number of benzene rings is 2. The van der Waals surface area contributed by atoms with Gasteiger partial charge in [-0.15, -0.1) is 0 Å². The van der Waals surface area contributed by atoms with Crippen LogP contribution in [-0.4, -0.2) is 18.4 Å². The Kier molecular flexibility index (Phi) is 5.99. The first kappa shape index (κ1) is 18.9. The summed E-state index contributed by atoms with van der Waals surface area (Å²) in [4.78, 5) is 24.8. The minimum atomic E-state index is -0.507. The minimum Gasteiger partial charge on any atom is -0.355 e. The van der Waals surface area contributed by atoms with Crippen molar-refractivity contribution in [1.29, 1.82) is 0 Å². The maximum absolute atomic E-state index is 12.7. The summed E-state index contributed by atoms with van der Waals surface area (Å²) < 4.78 is 0.953. The molecule has 0 radical (unpaired) electrons. The summed E-state index contributed by atoms with van der Waals surface area (Å²) >= 11 is 9.44. The van der Waals surface area contributed by atoms with E-state index in [0.29, 0.717) is 11.6 Å². The smallest absolute Gasteiger partial charge is 0.230 e. The van der Waals surface area contributed by atoms with E-state index in [9.17, 15) is 9.59 Å². The van der Waals surface area contributed by atoms with Crippen LogP contribution in [0.1, 0.15) is 31.2 Å². The van der Waals surface area contributed by atoms with Gasteiger partial charge in [0.25, 0.3) is 0 Å². The number of hydrogen-bond donors (Lipinski definition) is 2. The van der Waals surface area contributed by atoms with Crippen LogP contribution in [0.5, 0.6) is 0 Å². The second-order valence-electron chi connectivity index (χ2n) is 6.51. The molecule has 0 bridgehead atoms. The Morgan fingerprint density at radius 1 is 1.12 bits per heavy atom. The Morgan fingerprint density at radius 3 is 2.46 bits per heavy atom. The van der Waals surface area contributed by atoms with Crippen LogP contribution in [0, 0.1) is 0 Å². The van der Waals surface area contributed by atoms with E-state index >= 15 is 0 Å². The molecule has 136 valence electrons. The molecule has 1 saturated carbocycles. The molecule has 0 aromatic heterocycles. The number of anilines is 1. The van der Waals surface area contributed by atoms with Crippen LogP contribution >= 0.6 is 27.5 Å². The van der Waals surface area contributed by atoms with Crippen LogP contribution < -0.4 is 10.6 Å². The number of nitrogens with one attached hydrogen (secondary N) is 2. The van der Waals surface area contributed by atoms with Crippen LogP contribution in [0.2, 0.25) is 5.02 Å². The highest BCUT2D eigenvalue weighted by Crippen LogP contribution is 2.44. The lowest BCUT2D eigenvalue weighted by atomic mass is 9.64. The second kappa shape index (κ2) is 8.23. The van der Waals surface area contributed by atoms with Gasteiger partial charge in [0.2, 0.25) is 11.8 Å². The summed E-state index contributed by atoms with van der Waals surface area (Å²) in [7, 11) is 0. The van der Waals surface area contributed by atoms with Crippen molar-refractivity contribution in [2.24, 2.45) is 0 Å². The summed E-state index contributed by atoms with van der Waals surface area (Å²) in [5, 5.41) is 6.37. The van der Waals surface area contributed by atoms with Crippen LogP contribution in [0.15, 0.2) is 53.0 Å². The Bertz CT molecular complexity index is 804. The zero-order chi connectivity index (χ0) is 18.6. The highest BCUT2D eigenvalue weighted by atomic mass is 79.9. The monoisotopic (exact) mass is 434 g/mol. The van der Waals surface area contributed by atoms with E-state index in [-0.39, 0.29) is 18.2 Å². The summed E-state index contributed by atoms with van der Waals surface area (Å²) in [5.74, 6) is -0.152. The zero-order valence-corrected chi connectivity index (χ0v) is 16.6. The van der Waals surface area contributed by atoms with Crippen molar-refractivity contribution < 1.29 is 9.59 Å². The van der Waals surface area contributed by atoms with Crippen LogP contribution in [0.25, 0.3) is 0 Å². The average molecular weight is 436 g/mol. The molecular formula is C20H20BrClN2O2. The molecule has 0 spiro atoms. The second-order valence-corrected chi connectivity index (χ2v) is 7.86. The number of rotatable bonds is 6. The van der Waals surface area contributed by atoms with Crippen molar-refractivity contribution in [3.63, 3.8) is 0 Å². The van der Waals surface area contributed by atoms with E-state index in [0.717, 1.165) is 35.0 Å². The number of amides is 2. The number of halogens is 2. The fourth-order valence-electron chi connectivity index (χ4n) is 3.18. The standard InChI is InChI=1S/C20H20BrClN2O2/c21-15-5-7-17(8-6-15)24-18(25)9-12-23-19(26)20(10-2-11-20)14-3-1-4-16(22)13-14/h1,3-8,13H,2,9-12H2,(H,23,26)(H,24,25). The Morgan fingerprint density at radius 2 is 1.85 bits per heavy atom. The van der Waals surface area contributed by atoms with Gasteiger partial charge in [0.15, 0.2) is 0 Å². The van der Waals surface area contributed by atoms with Gasteiger partial charge in [0.1, 0.15) is 0 Å². The summed E-state index contributed by atoms with van der Waals surface area (Å²) in [5.41, 5.74) is 1.18. The van der Waals surface area contributed by atoms with Crippen molar-refractivity contribution >= 4 is 45.0 Å². The van der Waals surface area contributed by atoms with Crippen LogP contribution in [0.3, 0.4) is 0 Å². The molecule has 1 aliphatic rings. The Labute approximate surface area is 166 Å². The lowest BCUT2D eigenvalue weighted by molar-refractivity contribution is -0.130. The third kappa shape index (κ3) is 4.27. The van der Waals surface area contributed by atoms with Gasteiger partial charge < -0.3 is 10.6 Å². The lowest BCUT2D eigenvalue weighted by Gasteiger charge is -2.40. The first-order valence-corrected chi connectivity index (χ1v) is 9.76. The van der Waals surface area contributed by atoms with Crippen molar-refractivity contribution in [3.05, 3.63) is 63.6 Å². The van der Waals surface area contributed by atoms with Crippen molar-refractivity contribution in [3.8, 4) is 0 Å². The minimum absolute atomic E-state index is 0.0255. The van der Waals surface area contributed by atoms with E-state index < -0.39 is 5.41 Å². The van der Waals surface area contributed by atoms with Gasteiger partial charge in [0, 0.05) is 28.1 Å². The molecule has 6 heteroatoms. The molecular weight excluding hydrogens is 416 g/mol. The third-order valence-electron chi connectivity index (χ3n) is 4.78. The molecule has 0 saturated heterocycles. The van der Waals surface area contributed by atoms with E-state index in [1.807, 2.05) is 48.5 Å². The van der Waals surface area contributed by atoms with Crippen LogP contribution in [-0.2, 0) is 15.0 Å². The van der Waals surface area contributed by atoms with Gasteiger partial charge in [-0.1, -0.05) is 46.1 Å². The number of hydrogen-bond acceptors (Lipinski definition) is 2. The van der Waals surface area contributed by atoms with Crippen LogP contribution in [0.4, 0.5) is 5.69 Å². The predicted octanol–water partition coefficient (Wildman–Crippen LogP) is 4.67. The first-order chi connectivity index (χ1) is 12.5.